The number of halogens is 2. The van der Waals surface area contributed by atoms with Crippen LogP contribution in [0.2, 0.25) is 10.6 Å². The van der Waals surface area contributed by atoms with Crippen molar-refractivity contribution in [3.8, 4) is 0 Å². The second-order valence-corrected chi connectivity index (χ2v) is 5.03. The molecule has 2 heterocycles. The monoisotopic (exact) mass is 264 g/mol. The van der Waals surface area contributed by atoms with Crippen molar-refractivity contribution in [1.29, 1.82) is 0 Å². The lowest BCUT2D eigenvalue weighted by Gasteiger charge is -2.19. The molecule has 15 heavy (non-hydrogen) atoms. The summed E-state index contributed by atoms with van der Waals surface area (Å²) in [4.78, 5) is 14.0. The van der Waals surface area contributed by atoms with Gasteiger partial charge in [0.05, 0.1) is 0 Å². The molecule has 0 amide bonds. The third-order valence-corrected chi connectivity index (χ3v) is 3.46. The quantitative estimate of drug-likeness (QED) is 0.778. The van der Waals surface area contributed by atoms with Gasteiger partial charge < -0.3 is 4.90 Å². The molecule has 1 saturated heterocycles. The standard InChI is InChI=1S/C8H10Cl2N4S/c9-6-11-7(10)13-8(12-6)14-2-1-4-15-5-3-14/h1-5H2. The number of hydrogen-bond acceptors (Lipinski definition) is 5. The van der Waals surface area contributed by atoms with Crippen molar-refractivity contribution in [2.45, 2.75) is 6.42 Å². The van der Waals surface area contributed by atoms with Gasteiger partial charge in [0, 0.05) is 18.8 Å². The van der Waals surface area contributed by atoms with E-state index in [1.165, 1.54) is 5.75 Å². The highest BCUT2D eigenvalue weighted by Gasteiger charge is 2.14. The highest BCUT2D eigenvalue weighted by molar-refractivity contribution is 7.99. The van der Waals surface area contributed by atoms with Crippen LogP contribution in [-0.4, -0.2) is 39.5 Å². The Morgan fingerprint density at radius 2 is 1.73 bits per heavy atom. The van der Waals surface area contributed by atoms with Crippen molar-refractivity contribution in [1.82, 2.24) is 15.0 Å². The molecule has 82 valence electrons. The third kappa shape index (κ3) is 3.09. The number of rotatable bonds is 1. The predicted octanol–water partition coefficient (Wildman–Crippen LogP) is 2.12. The maximum Gasteiger partial charge on any atom is 0.230 e. The van der Waals surface area contributed by atoms with Gasteiger partial charge in [-0.2, -0.15) is 26.7 Å². The van der Waals surface area contributed by atoms with Crippen LogP contribution in [0.15, 0.2) is 0 Å². The zero-order valence-corrected chi connectivity index (χ0v) is 10.3. The third-order valence-electron chi connectivity index (χ3n) is 2.07. The van der Waals surface area contributed by atoms with Gasteiger partial charge in [0.25, 0.3) is 0 Å². The molecule has 4 nitrogen and oxygen atoms in total. The number of aromatic nitrogens is 3. The van der Waals surface area contributed by atoms with E-state index in [9.17, 15) is 0 Å². The fraction of sp³-hybridized carbons (Fsp3) is 0.625. The van der Waals surface area contributed by atoms with E-state index < -0.39 is 0 Å². The molecule has 0 aromatic carbocycles. The van der Waals surface area contributed by atoms with E-state index in [1.807, 2.05) is 11.8 Å². The van der Waals surface area contributed by atoms with E-state index in [0.29, 0.717) is 5.95 Å². The average Bonchev–Trinajstić information content (AvgIpc) is 2.43. The summed E-state index contributed by atoms with van der Waals surface area (Å²) in [5, 5.41) is 0.309. The number of anilines is 1. The van der Waals surface area contributed by atoms with Crippen LogP contribution in [0, 0.1) is 0 Å². The van der Waals surface area contributed by atoms with Crippen LogP contribution in [0.5, 0.6) is 0 Å². The minimum absolute atomic E-state index is 0.155. The Labute approximate surface area is 102 Å². The van der Waals surface area contributed by atoms with Gasteiger partial charge in [-0.1, -0.05) is 0 Å². The first-order chi connectivity index (χ1) is 7.25. The van der Waals surface area contributed by atoms with Crippen LogP contribution in [0.1, 0.15) is 6.42 Å². The van der Waals surface area contributed by atoms with Crippen LogP contribution in [0.3, 0.4) is 0 Å². The largest absolute Gasteiger partial charge is 0.340 e. The van der Waals surface area contributed by atoms with Gasteiger partial charge in [-0.3, -0.25) is 0 Å². The fourth-order valence-electron chi connectivity index (χ4n) is 1.40. The summed E-state index contributed by atoms with van der Waals surface area (Å²) in [6.07, 6.45) is 1.13. The minimum Gasteiger partial charge on any atom is -0.340 e. The lowest BCUT2D eigenvalue weighted by atomic mass is 10.4. The highest BCUT2D eigenvalue weighted by atomic mass is 35.5. The first kappa shape index (κ1) is 11.2. The first-order valence-corrected chi connectivity index (χ1v) is 6.56. The lowest BCUT2D eigenvalue weighted by molar-refractivity contribution is 0.776. The molecule has 0 unspecified atom stereocenters. The van der Waals surface area contributed by atoms with E-state index in [2.05, 4.69) is 19.9 Å². The van der Waals surface area contributed by atoms with Gasteiger partial charge in [0.1, 0.15) is 0 Å². The molecule has 1 aromatic rings. The van der Waals surface area contributed by atoms with Crippen molar-refractivity contribution < 1.29 is 0 Å². The second-order valence-electron chi connectivity index (χ2n) is 3.13. The Morgan fingerprint density at radius 3 is 2.47 bits per heavy atom. The van der Waals surface area contributed by atoms with Gasteiger partial charge in [0.15, 0.2) is 0 Å². The van der Waals surface area contributed by atoms with E-state index in [4.69, 9.17) is 23.2 Å². The van der Waals surface area contributed by atoms with Crippen LogP contribution in [0.25, 0.3) is 0 Å². The van der Waals surface area contributed by atoms with Crippen LogP contribution in [-0.2, 0) is 0 Å². The van der Waals surface area contributed by atoms with E-state index in [-0.39, 0.29) is 10.6 Å². The Morgan fingerprint density at radius 1 is 1.00 bits per heavy atom. The van der Waals surface area contributed by atoms with Gasteiger partial charge in [-0.05, 0) is 35.4 Å². The molecule has 0 saturated carbocycles. The lowest BCUT2D eigenvalue weighted by Crippen LogP contribution is -2.27. The van der Waals surface area contributed by atoms with Crippen molar-refractivity contribution in [2.24, 2.45) is 0 Å². The van der Waals surface area contributed by atoms with Gasteiger partial charge in [-0.15, -0.1) is 0 Å². The summed E-state index contributed by atoms with van der Waals surface area (Å²) in [6.45, 7) is 1.88. The molecule has 2 rings (SSSR count). The minimum atomic E-state index is 0.155. The van der Waals surface area contributed by atoms with Crippen LogP contribution < -0.4 is 4.90 Å². The molecular weight excluding hydrogens is 255 g/mol. The zero-order chi connectivity index (χ0) is 10.7. The van der Waals surface area contributed by atoms with Crippen molar-refractivity contribution in [2.75, 3.05) is 29.5 Å². The molecule has 0 N–H and O–H groups in total. The number of nitrogens with zero attached hydrogens (tertiary/aromatic N) is 4. The van der Waals surface area contributed by atoms with E-state index in [0.717, 1.165) is 25.3 Å². The van der Waals surface area contributed by atoms with Gasteiger partial charge in [-0.25, -0.2) is 0 Å². The molecule has 0 aliphatic carbocycles. The van der Waals surface area contributed by atoms with Gasteiger partial charge in [0.2, 0.25) is 16.5 Å². The number of hydrogen-bond donors (Lipinski definition) is 0. The molecule has 1 aliphatic heterocycles. The topological polar surface area (TPSA) is 41.9 Å². The summed E-state index contributed by atoms with van der Waals surface area (Å²) >= 11 is 13.4. The Bertz CT molecular complexity index is 321. The van der Waals surface area contributed by atoms with Crippen molar-refractivity contribution >= 4 is 40.9 Å². The van der Waals surface area contributed by atoms with Crippen molar-refractivity contribution in [3.05, 3.63) is 10.6 Å². The van der Waals surface area contributed by atoms with E-state index >= 15 is 0 Å². The second kappa shape index (κ2) is 5.18. The SMILES string of the molecule is Clc1nc(Cl)nc(N2CCCSCC2)n1. The normalized spacial score (nSPS) is 17.6. The predicted molar refractivity (Wildman–Crippen MR) is 64.0 cm³/mol. The smallest absolute Gasteiger partial charge is 0.230 e. The summed E-state index contributed by atoms with van der Waals surface area (Å²) in [7, 11) is 0. The molecule has 0 bridgehead atoms. The summed E-state index contributed by atoms with van der Waals surface area (Å²) in [5.41, 5.74) is 0. The molecule has 1 aliphatic rings. The first-order valence-electron chi connectivity index (χ1n) is 4.65. The van der Waals surface area contributed by atoms with Crippen LogP contribution in [0.4, 0.5) is 5.95 Å². The number of thioether (sulfide) groups is 1. The zero-order valence-electron chi connectivity index (χ0n) is 7.99. The molecule has 7 heteroatoms. The molecule has 0 atom stereocenters. The Balaban J connectivity index is 2.19. The molecule has 0 spiro atoms. The highest BCUT2D eigenvalue weighted by Crippen LogP contribution is 2.17. The molecular formula is C8H10Cl2N4S. The van der Waals surface area contributed by atoms with Crippen molar-refractivity contribution in [3.63, 3.8) is 0 Å². The average molecular weight is 265 g/mol. The van der Waals surface area contributed by atoms with Crippen LogP contribution >= 0.6 is 35.0 Å². The fourth-order valence-corrected chi connectivity index (χ4v) is 2.65. The molecule has 1 fully saturated rings. The molecule has 0 radical (unpaired) electrons. The Hall–Kier alpha value is -0.260. The maximum atomic E-state index is 5.73. The maximum absolute atomic E-state index is 5.73. The molecule has 1 aromatic heterocycles. The van der Waals surface area contributed by atoms with E-state index in [1.54, 1.807) is 0 Å². The Kier molecular flexibility index (Phi) is 3.88. The summed E-state index contributed by atoms with van der Waals surface area (Å²) in [5.74, 6) is 2.85. The van der Waals surface area contributed by atoms with Gasteiger partial charge >= 0.3 is 0 Å². The summed E-state index contributed by atoms with van der Waals surface area (Å²) < 4.78 is 0. The summed E-state index contributed by atoms with van der Waals surface area (Å²) in [6, 6.07) is 0.